The number of hydrogen-bond acceptors (Lipinski definition) is 6. The molecule has 0 saturated carbocycles. The van der Waals surface area contributed by atoms with Gasteiger partial charge in [0, 0.05) is 24.7 Å². The fourth-order valence-electron chi connectivity index (χ4n) is 4.07. The van der Waals surface area contributed by atoms with Gasteiger partial charge in [-0.25, -0.2) is 4.39 Å². The van der Waals surface area contributed by atoms with Crippen LogP contribution in [0.5, 0.6) is 11.8 Å². The molecule has 1 aliphatic carbocycles. The topological polar surface area (TPSA) is 62.6 Å². The van der Waals surface area contributed by atoms with Crippen LogP contribution in [0.2, 0.25) is 0 Å². The summed E-state index contributed by atoms with van der Waals surface area (Å²) in [6.07, 6.45) is 6.90. The van der Waals surface area contributed by atoms with Crippen molar-refractivity contribution in [3.63, 3.8) is 0 Å². The standard InChI is InChI=1S/C23H24FN5O/c1-14-9-16-5-6-18(22(24)17(16)10-14)30-23-27-20(26-19-11-15(2)13-25-19)12-21(28-23)29-7-3-4-8-29/h5-6,10-12H,3-4,7-9,13H2,1-2H3,(H,25,26,27,28). The fourth-order valence-corrected chi connectivity index (χ4v) is 4.07. The second kappa shape index (κ2) is 7.55. The quantitative estimate of drug-likeness (QED) is 0.796. The number of anilines is 2. The summed E-state index contributed by atoms with van der Waals surface area (Å²) in [5.74, 6) is 1.89. The third-order valence-electron chi connectivity index (χ3n) is 5.56. The van der Waals surface area contributed by atoms with Crippen LogP contribution in [0.1, 0.15) is 37.8 Å². The van der Waals surface area contributed by atoms with E-state index in [1.165, 1.54) is 5.57 Å². The number of amidine groups is 1. The molecule has 0 radical (unpaired) electrons. The van der Waals surface area contributed by atoms with E-state index in [2.05, 4.69) is 25.2 Å². The van der Waals surface area contributed by atoms with Crippen LogP contribution in [0.25, 0.3) is 6.08 Å². The van der Waals surface area contributed by atoms with E-state index in [9.17, 15) is 0 Å². The molecular weight excluding hydrogens is 381 g/mol. The largest absolute Gasteiger partial charge is 0.421 e. The number of allylic oxidation sites excluding steroid dienone is 1. The minimum atomic E-state index is -0.368. The summed E-state index contributed by atoms with van der Waals surface area (Å²) in [6, 6.07) is 5.59. The first-order chi connectivity index (χ1) is 14.5. The lowest BCUT2D eigenvalue weighted by molar-refractivity contribution is 0.411. The van der Waals surface area contributed by atoms with Crippen molar-refractivity contribution < 1.29 is 9.13 Å². The van der Waals surface area contributed by atoms with Crippen molar-refractivity contribution in [2.45, 2.75) is 33.1 Å². The highest BCUT2D eigenvalue weighted by atomic mass is 19.1. The van der Waals surface area contributed by atoms with E-state index < -0.39 is 0 Å². The molecule has 0 amide bonds. The van der Waals surface area contributed by atoms with Crippen LogP contribution < -0.4 is 15.0 Å². The number of nitrogens with one attached hydrogen (secondary N) is 1. The van der Waals surface area contributed by atoms with Crippen molar-refractivity contribution in [2.75, 3.05) is 29.9 Å². The van der Waals surface area contributed by atoms with E-state index in [4.69, 9.17) is 4.74 Å². The molecule has 0 spiro atoms. The maximum atomic E-state index is 15.0. The molecule has 6 nitrogen and oxygen atoms in total. The Hall–Kier alpha value is -3.22. The summed E-state index contributed by atoms with van der Waals surface area (Å²) in [4.78, 5) is 15.7. The SMILES string of the molecule is CC1=CC(Nc2cc(N3CCCC3)nc(Oc3ccc4c(c3F)C=C(C)C4)n2)=NC1. The van der Waals surface area contributed by atoms with Gasteiger partial charge >= 0.3 is 6.01 Å². The summed E-state index contributed by atoms with van der Waals surface area (Å²) in [5.41, 5.74) is 3.90. The van der Waals surface area contributed by atoms with E-state index in [1.807, 2.05) is 38.1 Å². The Morgan fingerprint density at radius 3 is 2.67 bits per heavy atom. The van der Waals surface area contributed by atoms with Crippen LogP contribution in [-0.2, 0) is 6.42 Å². The minimum Gasteiger partial charge on any atom is -0.421 e. The third kappa shape index (κ3) is 3.67. The van der Waals surface area contributed by atoms with Crippen molar-refractivity contribution in [3.8, 4) is 11.8 Å². The molecule has 0 unspecified atom stereocenters. The van der Waals surface area contributed by atoms with Crippen LogP contribution >= 0.6 is 0 Å². The Morgan fingerprint density at radius 1 is 1.07 bits per heavy atom. The molecular formula is C23H24FN5O. The van der Waals surface area contributed by atoms with E-state index in [-0.39, 0.29) is 17.6 Å². The second-order valence-electron chi connectivity index (χ2n) is 8.13. The van der Waals surface area contributed by atoms with Crippen molar-refractivity contribution in [1.29, 1.82) is 0 Å². The molecule has 1 N–H and O–H groups in total. The van der Waals surface area contributed by atoms with Gasteiger partial charge in [0.15, 0.2) is 11.6 Å². The Balaban J connectivity index is 1.47. The molecule has 154 valence electrons. The lowest BCUT2D eigenvalue weighted by Crippen LogP contribution is -2.20. The lowest BCUT2D eigenvalue weighted by atomic mass is 10.1. The van der Waals surface area contributed by atoms with Crippen molar-refractivity contribution in [3.05, 3.63) is 52.4 Å². The van der Waals surface area contributed by atoms with Crippen LogP contribution in [-0.4, -0.2) is 35.4 Å². The molecule has 0 atom stereocenters. The molecule has 1 saturated heterocycles. The molecule has 2 aromatic rings. The number of benzene rings is 1. The number of hydrogen-bond donors (Lipinski definition) is 1. The number of halogens is 1. The number of ether oxygens (including phenoxy) is 1. The maximum Gasteiger partial charge on any atom is 0.326 e. The maximum absolute atomic E-state index is 15.0. The van der Waals surface area contributed by atoms with Gasteiger partial charge in [0.25, 0.3) is 0 Å². The summed E-state index contributed by atoms with van der Waals surface area (Å²) in [7, 11) is 0. The molecule has 0 bridgehead atoms. The molecule has 1 fully saturated rings. The van der Waals surface area contributed by atoms with Gasteiger partial charge in [-0.1, -0.05) is 17.7 Å². The molecule has 7 heteroatoms. The first-order valence-corrected chi connectivity index (χ1v) is 10.3. The van der Waals surface area contributed by atoms with Gasteiger partial charge in [0.05, 0.1) is 6.54 Å². The smallest absolute Gasteiger partial charge is 0.326 e. The zero-order valence-corrected chi connectivity index (χ0v) is 17.2. The zero-order chi connectivity index (χ0) is 20.7. The summed E-state index contributed by atoms with van der Waals surface area (Å²) >= 11 is 0. The second-order valence-corrected chi connectivity index (χ2v) is 8.13. The number of aliphatic imine (C=N–C) groups is 1. The first kappa shape index (κ1) is 18.8. The number of aromatic nitrogens is 2. The van der Waals surface area contributed by atoms with Crippen molar-refractivity contribution in [1.82, 2.24) is 9.97 Å². The van der Waals surface area contributed by atoms with E-state index in [0.29, 0.717) is 17.9 Å². The van der Waals surface area contributed by atoms with Gasteiger partial charge in [0.2, 0.25) is 0 Å². The molecule has 5 rings (SSSR count). The Morgan fingerprint density at radius 2 is 1.90 bits per heavy atom. The third-order valence-corrected chi connectivity index (χ3v) is 5.56. The monoisotopic (exact) mass is 405 g/mol. The minimum absolute atomic E-state index is 0.124. The molecule has 1 aromatic heterocycles. The molecule has 3 heterocycles. The molecule has 1 aromatic carbocycles. The first-order valence-electron chi connectivity index (χ1n) is 10.3. The highest BCUT2D eigenvalue weighted by Crippen LogP contribution is 2.34. The number of nitrogens with zero attached hydrogens (tertiary/aromatic N) is 4. The Kier molecular flexibility index (Phi) is 4.73. The van der Waals surface area contributed by atoms with E-state index in [1.54, 1.807) is 6.07 Å². The average Bonchev–Trinajstić information content (AvgIpc) is 3.45. The summed E-state index contributed by atoms with van der Waals surface area (Å²) in [5, 5.41) is 3.24. The van der Waals surface area contributed by atoms with Crippen molar-refractivity contribution >= 4 is 23.5 Å². The van der Waals surface area contributed by atoms with E-state index >= 15 is 4.39 Å². The normalized spacial score (nSPS) is 17.6. The van der Waals surface area contributed by atoms with Gasteiger partial charge in [-0.2, -0.15) is 9.97 Å². The fraction of sp³-hybridized carbons (Fsp3) is 0.348. The Labute approximate surface area is 175 Å². The summed E-state index contributed by atoms with van der Waals surface area (Å²) in [6.45, 7) is 6.60. The van der Waals surface area contributed by atoms with Crippen LogP contribution in [0.15, 0.2) is 40.4 Å². The average molecular weight is 405 g/mol. The highest BCUT2D eigenvalue weighted by molar-refractivity contribution is 6.05. The molecule has 2 aliphatic heterocycles. The van der Waals surface area contributed by atoms with Crippen molar-refractivity contribution in [2.24, 2.45) is 4.99 Å². The van der Waals surface area contributed by atoms with Gasteiger partial charge in [-0.15, -0.1) is 0 Å². The lowest BCUT2D eigenvalue weighted by Gasteiger charge is -2.18. The predicted molar refractivity (Wildman–Crippen MR) is 117 cm³/mol. The van der Waals surface area contributed by atoms with Gasteiger partial charge < -0.3 is 15.0 Å². The van der Waals surface area contributed by atoms with Crippen LogP contribution in [0.3, 0.4) is 0 Å². The van der Waals surface area contributed by atoms with Gasteiger partial charge in [-0.3, -0.25) is 4.99 Å². The van der Waals surface area contributed by atoms with E-state index in [0.717, 1.165) is 55.1 Å². The Bertz CT molecular complexity index is 1100. The van der Waals surface area contributed by atoms with Crippen LogP contribution in [0.4, 0.5) is 16.0 Å². The summed E-state index contributed by atoms with van der Waals surface area (Å²) < 4.78 is 20.9. The predicted octanol–water partition coefficient (Wildman–Crippen LogP) is 4.74. The van der Waals surface area contributed by atoms with Gasteiger partial charge in [-0.05, 0) is 56.4 Å². The molecule has 30 heavy (non-hydrogen) atoms. The highest BCUT2D eigenvalue weighted by Gasteiger charge is 2.21. The molecule has 3 aliphatic rings. The number of rotatable bonds is 4. The number of fused-ring (bicyclic) bond motifs is 1. The van der Waals surface area contributed by atoms with Gasteiger partial charge in [0.1, 0.15) is 17.5 Å². The zero-order valence-electron chi connectivity index (χ0n) is 17.2. The van der Waals surface area contributed by atoms with Crippen LogP contribution in [0, 0.1) is 5.82 Å².